The van der Waals surface area contributed by atoms with Crippen molar-refractivity contribution in [2.24, 2.45) is 0 Å². The standard InChI is InChI=1S/C8H5BrN2O2/c9-5-2-1-4-3-10-11-7(4)6(5)8(12)13/h1-3H,(H,10,11)(H,12,13). The lowest BCUT2D eigenvalue weighted by molar-refractivity contribution is 0.0698. The van der Waals surface area contributed by atoms with Gasteiger partial charge in [-0.15, -0.1) is 0 Å². The van der Waals surface area contributed by atoms with E-state index in [9.17, 15) is 4.79 Å². The number of carboxylic acid groups (broad SMARTS) is 1. The van der Waals surface area contributed by atoms with Gasteiger partial charge >= 0.3 is 5.97 Å². The van der Waals surface area contributed by atoms with Crippen molar-refractivity contribution < 1.29 is 9.90 Å². The Morgan fingerprint density at radius 3 is 3.00 bits per heavy atom. The first-order valence-corrected chi connectivity index (χ1v) is 4.34. The number of carbonyl (C=O) groups is 1. The highest BCUT2D eigenvalue weighted by Crippen LogP contribution is 2.24. The molecule has 0 fully saturated rings. The highest BCUT2D eigenvalue weighted by Gasteiger charge is 2.13. The lowest BCUT2D eigenvalue weighted by Crippen LogP contribution is -1.98. The summed E-state index contributed by atoms with van der Waals surface area (Å²) in [4.78, 5) is 10.9. The summed E-state index contributed by atoms with van der Waals surface area (Å²) in [6, 6.07) is 3.50. The summed E-state index contributed by atoms with van der Waals surface area (Å²) in [5.41, 5.74) is 0.761. The van der Waals surface area contributed by atoms with Crippen molar-refractivity contribution in [3.8, 4) is 0 Å². The van der Waals surface area contributed by atoms with Gasteiger partial charge < -0.3 is 5.11 Å². The lowest BCUT2D eigenvalue weighted by Gasteiger charge is -1.98. The average Bonchev–Trinajstić information content (AvgIpc) is 2.50. The Labute approximate surface area is 81.7 Å². The molecule has 2 N–H and O–H groups in total. The number of aromatic amines is 1. The summed E-state index contributed by atoms with van der Waals surface area (Å²) in [5.74, 6) is -0.971. The fourth-order valence-corrected chi connectivity index (χ4v) is 1.70. The Morgan fingerprint density at radius 1 is 1.54 bits per heavy atom. The van der Waals surface area contributed by atoms with Crippen LogP contribution in [0.4, 0.5) is 0 Å². The third-order valence-corrected chi connectivity index (χ3v) is 2.44. The first kappa shape index (κ1) is 8.25. The molecular formula is C8H5BrN2O2. The number of nitrogens with one attached hydrogen (secondary N) is 1. The molecule has 2 rings (SSSR count). The predicted octanol–water partition coefficient (Wildman–Crippen LogP) is 2.02. The summed E-state index contributed by atoms with van der Waals surface area (Å²) >= 11 is 3.17. The monoisotopic (exact) mass is 240 g/mol. The van der Waals surface area contributed by atoms with E-state index in [1.165, 1.54) is 0 Å². The van der Waals surface area contributed by atoms with E-state index in [2.05, 4.69) is 26.1 Å². The normalized spacial score (nSPS) is 10.5. The molecule has 0 aliphatic heterocycles. The number of H-pyrrole nitrogens is 1. The molecule has 0 amide bonds. The van der Waals surface area contributed by atoms with Crippen LogP contribution in [0.2, 0.25) is 0 Å². The largest absolute Gasteiger partial charge is 0.478 e. The number of aromatic nitrogens is 2. The van der Waals surface area contributed by atoms with Gasteiger partial charge in [-0.1, -0.05) is 6.07 Å². The molecule has 66 valence electrons. The molecule has 0 atom stereocenters. The zero-order chi connectivity index (χ0) is 9.42. The van der Waals surface area contributed by atoms with Gasteiger partial charge in [-0.2, -0.15) is 5.10 Å². The van der Waals surface area contributed by atoms with Crippen molar-refractivity contribution >= 4 is 32.8 Å². The van der Waals surface area contributed by atoms with Gasteiger partial charge in [0, 0.05) is 9.86 Å². The second-order valence-corrected chi connectivity index (χ2v) is 3.42. The Balaban J connectivity index is 2.88. The number of hydrogen-bond acceptors (Lipinski definition) is 2. The van der Waals surface area contributed by atoms with E-state index in [4.69, 9.17) is 5.11 Å². The van der Waals surface area contributed by atoms with Gasteiger partial charge in [0.05, 0.1) is 17.3 Å². The molecule has 0 unspecified atom stereocenters. The summed E-state index contributed by atoms with van der Waals surface area (Å²) in [5, 5.41) is 16.1. The molecule has 0 radical (unpaired) electrons. The second-order valence-electron chi connectivity index (χ2n) is 2.56. The molecule has 0 bridgehead atoms. The van der Waals surface area contributed by atoms with Crippen molar-refractivity contribution in [3.05, 3.63) is 28.4 Å². The van der Waals surface area contributed by atoms with Crippen molar-refractivity contribution in [2.75, 3.05) is 0 Å². The minimum atomic E-state index is -0.971. The van der Waals surface area contributed by atoms with Crippen LogP contribution in [0.15, 0.2) is 22.8 Å². The number of rotatable bonds is 1. The molecular weight excluding hydrogens is 236 g/mol. The number of carboxylic acids is 1. The molecule has 1 heterocycles. The average molecular weight is 241 g/mol. The minimum Gasteiger partial charge on any atom is -0.478 e. The van der Waals surface area contributed by atoms with Crippen molar-refractivity contribution in [1.82, 2.24) is 10.2 Å². The number of nitrogens with zero attached hydrogens (tertiary/aromatic N) is 1. The van der Waals surface area contributed by atoms with Crippen molar-refractivity contribution in [3.63, 3.8) is 0 Å². The van der Waals surface area contributed by atoms with Crippen LogP contribution >= 0.6 is 15.9 Å². The third kappa shape index (κ3) is 1.21. The van der Waals surface area contributed by atoms with Gasteiger partial charge in [-0.25, -0.2) is 4.79 Å². The third-order valence-electron chi connectivity index (χ3n) is 1.78. The highest BCUT2D eigenvalue weighted by molar-refractivity contribution is 9.10. The Bertz CT molecular complexity index is 478. The van der Waals surface area contributed by atoms with E-state index in [-0.39, 0.29) is 5.56 Å². The van der Waals surface area contributed by atoms with E-state index in [1.807, 2.05) is 0 Å². The Hall–Kier alpha value is -1.36. The second kappa shape index (κ2) is 2.85. The van der Waals surface area contributed by atoms with Crippen LogP contribution in [0.3, 0.4) is 0 Å². The van der Waals surface area contributed by atoms with E-state index in [0.717, 1.165) is 5.39 Å². The first-order valence-electron chi connectivity index (χ1n) is 3.55. The lowest BCUT2D eigenvalue weighted by atomic mass is 10.1. The topological polar surface area (TPSA) is 66.0 Å². The van der Waals surface area contributed by atoms with Gasteiger partial charge in [0.1, 0.15) is 0 Å². The number of aromatic carboxylic acids is 1. The molecule has 4 nitrogen and oxygen atoms in total. The fraction of sp³-hybridized carbons (Fsp3) is 0. The van der Waals surface area contributed by atoms with Crippen LogP contribution in [-0.2, 0) is 0 Å². The van der Waals surface area contributed by atoms with Crippen LogP contribution in [0.25, 0.3) is 10.9 Å². The van der Waals surface area contributed by atoms with E-state index < -0.39 is 5.97 Å². The molecule has 5 heteroatoms. The first-order chi connectivity index (χ1) is 6.20. The predicted molar refractivity (Wildman–Crippen MR) is 50.8 cm³/mol. The van der Waals surface area contributed by atoms with Gasteiger partial charge in [-0.05, 0) is 22.0 Å². The van der Waals surface area contributed by atoms with Crippen LogP contribution < -0.4 is 0 Å². The smallest absolute Gasteiger partial charge is 0.339 e. The maximum absolute atomic E-state index is 10.9. The zero-order valence-corrected chi connectivity index (χ0v) is 8.00. The van der Waals surface area contributed by atoms with Crippen LogP contribution in [0.5, 0.6) is 0 Å². The molecule has 0 aliphatic carbocycles. The van der Waals surface area contributed by atoms with Gasteiger partial charge in [-0.3, -0.25) is 5.10 Å². The Kier molecular flexibility index (Phi) is 1.81. The fourth-order valence-electron chi connectivity index (χ4n) is 1.20. The maximum atomic E-state index is 10.9. The highest BCUT2D eigenvalue weighted by atomic mass is 79.9. The summed E-state index contributed by atoms with van der Waals surface area (Å²) in [7, 11) is 0. The molecule has 0 aliphatic rings. The zero-order valence-electron chi connectivity index (χ0n) is 6.41. The summed E-state index contributed by atoms with van der Waals surface area (Å²) in [6.07, 6.45) is 1.59. The number of hydrogen-bond donors (Lipinski definition) is 2. The van der Waals surface area contributed by atoms with Crippen LogP contribution in [0.1, 0.15) is 10.4 Å². The van der Waals surface area contributed by atoms with Gasteiger partial charge in [0.15, 0.2) is 0 Å². The van der Waals surface area contributed by atoms with Crippen LogP contribution in [0, 0.1) is 0 Å². The minimum absolute atomic E-state index is 0.218. The van der Waals surface area contributed by atoms with E-state index in [1.54, 1.807) is 18.3 Å². The van der Waals surface area contributed by atoms with Crippen molar-refractivity contribution in [1.29, 1.82) is 0 Å². The number of halogens is 1. The molecule has 13 heavy (non-hydrogen) atoms. The molecule has 2 aromatic rings. The van der Waals surface area contributed by atoms with Crippen LogP contribution in [-0.4, -0.2) is 21.3 Å². The van der Waals surface area contributed by atoms with Gasteiger partial charge in [0.25, 0.3) is 0 Å². The number of benzene rings is 1. The maximum Gasteiger partial charge on any atom is 0.339 e. The molecule has 0 saturated carbocycles. The summed E-state index contributed by atoms with van der Waals surface area (Å²) < 4.78 is 0.553. The molecule has 1 aromatic heterocycles. The molecule has 0 spiro atoms. The Morgan fingerprint density at radius 2 is 2.31 bits per heavy atom. The molecule has 1 aromatic carbocycles. The SMILES string of the molecule is O=C(O)c1c(Br)ccc2cn[nH]c12. The van der Waals surface area contributed by atoms with Crippen molar-refractivity contribution in [2.45, 2.75) is 0 Å². The summed E-state index contributed by atoms with van der Waals surface area (Å²) in [6.45, 7) is 0. The van der Waals surface area contributed by atoms with Gasteiger partial charge in [0.2, 0.25) is 0 Å². The molecule has 0 saturated heterocycles. The van der Waals surface area contributed by atoms with E-state index in [0.29, 0.717) is 9.99 Å². The quantitative estimate of drug-likeness (QED) is 0.802. The van der Waals surface area contributed by atoms with E-state index >= 15 is 0 Å². The number of fused-ring (bicyclic) bond motifs is 1.